The molecule has 0 fully saturated rings. The molecule has 5 nitrogen and oxygen atoms in total. The minimum absolute atomic E-state index is 0.177. The van der Waals surface area contributed by atoms with Crippen molar-refractivity contribution in [1.29, 1.82) is 0 Å². The largest absolute Gasteiger partial charge is 0.495 e. The van der Waals surface area contributed by atoms with Gasteiger partial charge in [0.15, 0.2) is 0 Å². The van der Waals surface area contributed by atoms with Crippen molar-refractivity contribution in [2.45, 2.75) is 0 Å². The topological polar surface area (TPSA) is 61.6 Å². The first-order chi connectivity index (χ1) is 9.54. The summed E-state index contributed by atoms with van der Waals surface area (Å²) in [6.07, 6.45) is 0. The van der Waals surface area contributed by atoms with Crippen molar-refractivity contribution in [3.05, 3.63) is 56.8 Å². The number of nitro groups is 1. The van der Waals surface area contributed by atoms with Crippen molar-refractivity contribution >= 4 is 21.6 Å². The molecule has 0 bridgehead atoms. The number of halogens is 2. The number of hydrogen-bond acceptors (Lipinski definition) is 4. The van der Waals surface area contributed by atoms with Crippen molar-refractivity contribution in [3.63, 3.8) is 0 Å². The molecule has 0 aliphatic heterocycles. The van der Waals surface area contributed by atoms with E-state index < -0.39 is 16.4 Å². The lowest BCUT2D eigenvalue weighted by Gasteiger charge is -2.10. The second-order valence-electron chi connectivity index (χ2n) is 3.72. The van der Waals surface area contributed by atoms with E-state index in [1.165, 1.54) is 19.2 Å². The number of nitro benzene ring substituents is 1. The first-order valence-corrected chi connectivity index (χ1v) is 6.27. The van der Waals surface area contributed by atoms with Gasteiger partial charge >= 0.3 is 5.69 Å². The summed E-state index contributed by atoms with van der Waals surface area (Å²) in [6, 6.07) is 8.60. The smallest absolute Gasteiger partial charge is 0.346 e. The molecular formula is C13H9BrFNO4. The molecular weight excluding hydrogens is 333 g/mol. The van der Waals surface area contributed by atoms with Crippen LogP contribution in [0, 0.1) is 15.9 Å². The zero-order valence-electron chi connectivity index (χ0n) is 10.3. The van der Waals surface area contributed by atoms with Crippen LogP contribution in [0.1, 0.15) is 0 Å². The van der Waals surface area contributed by atoms with Crippen LogP contribution in [0.3, 0.4) is 0 Å². The minimum Gasteiger partial charge on any atom is -0.495 e. The summed E-state index contributed by atoms with van der Waals surface area (Å²) in [7, 11) is 1.48. The Balaban J connectivity index is 2.46. The Labute approximate surface area is 122 Å². The van der Waals surface area contributed by atoms with Gasteiger partial charge in [0.2, 0.25) is 11.6 Å². The van der Waals surface area contributed by atoms with Crippen molar-refractivity contribution in [3.8, 4) is 17.2 Å². The molecule has 0 aliphatic rings. The summed E-state index contributed by atoms with van der Waals surface area (Å²) in [5.41, 5.74) is -0.706. The second kappa shape index (κ2) is 5.87. The van der Waals surface area contributed by atoms with Gasteiger partial charge in [0.05, 0.1) is 12.0 Å². The Morgan fingerprint density at radius 1 is 1.15 bits per heavy atom. The monoisotopic (exact) mass is 341 g/mol. The van der Waals surface area contributed by atoms with Gasteiger partial charge in [0.1, 0.15) is 16.0 Å². The van der Waals surface area contributed by atoms with E-state index in [0.29, 0.717) is 10.2 Å². The zero-order valence-corrected chi connectivity index (χ0v) is 11.9. The summed E-state index contributed by atoms with van der Waals surface area (Å²) >= 11 is 3.27. The molecule has 0 spiro atoms. The predicted octanol–water partition coefficient (Wildman–Crippen LogP) is 4.30. The van der Waals surface area contributed by atoms with Crippen LogP contribution < -0.4 is 9.47 Å². The fourth-order valence-corrected chi connectivity index (χ4v) is 2.11. The number of methoxy groups -OCH3 is 1. The highest BCUT2D eigenvalue weighted by Crippen LogP contribution is 2.39. The van der Waals surface area contributed by atoms with Gasteiger partial charge in [-0.25, -0.2) is 0 Å². The Kier molecular flexibility index (Phi) is 4.19. The van der Waals surface area contributed by atoms with Crippen LogP contribution in [0.5, 0.6) is 17.2 Å². The molecule has 0 N–H and O–H groups in total. The van der Waals surface area contributed by atoms with Crippen LogP contribution >= 0.6 is 15.9 Å². The average molecular weight is 342 g/mol. The van der Waals surface area contributed by atoms with Gasteiger partial charge in [-0.15, -0.1) is 0 Å². The molecule has 20 heavy (non-hydrogen) atoms. The molecule has 0 heterocycles. The minimum atomic E-state index is -0.952. The van der Waals surface area contributed by atoms with Crippen LogP contribution in [0.25, 0.3) is 0 Å². The van der Waals surface area contributed by atoms with E-state index in [4.69, 9.17) is 9.47 Å². The van der Waals surface area contributed by atoms with Gasteiger partial charge in [-0.2, -0.15) is 4.39 Å². The van der Waals surface area contributed by atoms with E-state index in [9.17, 15) is 14.5 Å². The molecule has 0 amide bonds. The zero-order chi connectivity index (χ0) is 14.7. The van der Waals surface area contributed by atoms with Crippen molar-refractivity contribution in [1.82, 2.24) is 0 Å². The summed E-state index contributed by atoms with van der Waals surface area (Å²) < 4.78 is 24.5. The van der Waals surface area contributed by atoms with Crippen molar-refractivity contribution in [2.24, 2.45) is 0 Å². The molecule has 0 saturated heterocycles. The fraction of sp³-hybridized carbons (Fsp3) is 0.0769. The standard InChI is InChI=1S/C13H9BrFNO4/c1-19-9-5-3-6-10(12(9)14)20-11-7-2-4-8(15)13(11)16(17)18/h2-7H,1H3. The maximum atomic E-state index is 13.5. The van der Waals surface area contributed by atoms with Gasteiger partial charge in [0.25, 0.3) is 0 Å². The van der Waals surface area contributed by atoms with E-state index in [2.05, 4.69) is 15.9 Å². The molecule has 0 aromatic heterocycles. The summed E-state index contributed by atoms with van der Waals surface area (Å²) in [5.74, 6) is -0.338. The van der Waals surface area contributed by atoms with E-state index >= 15 is 0 Å². The number of rotatable bonds is 4. The molecule has 0 saturated carbocycles. The Morgan fingerprint density at radius 3 is 2.40 bits per heavy atom. The van der Waals surface area contributed by atoms with Gasteiger partial charge in [-0.05, 0) is 40.2 Å². The third-order valence-corrected chi connectivity index (χ3v) is 3.28. The highest BCUT2D eigenvalue weighted by molar-refractivity contribution is 9.10. The molecule has 2 rings (SSSR count). The van der Waals surface area contributed by atoms with Gasteiger partial charge in [0, 0.05) is 0 Å². The molecule has 0 radical (unpaired) electrons. The normalized spacial score (nSPS) is 10.2. The third-order valence-electron chi connectivity index (χ3n) is 2.50. The fourth-order valence-electron chi connectivity index (χ4n) is 1.60. The lowest BCUT2D eigenvalue weighted by molar-refractivity contribution is -0.388. The van der Waals surface area contributed by atoms with Crippen LogP contribution in [-0.4, -0.2) is 12.0 Å². The molecule has 0 unspecified atom stereocenters. The number of benzene rings is 2. The van der Waals surface area contributed by atoms with Gasteiger partial charge in [-0.1, -0.05) is 12.1 Å². The maximum absolute atomic E-state index is 13.5. The lowest BCUT2D eigenvalue weighted by atomic mass is 10.2. The Morgan fingerprint density at radius 2 is 1.75 bits per heavy atom. The first kappa shape index (κ1) is 14.3. The SMILES string of the molecule is COc1cccc(Oc2cccc(F)c2[N+](=O)[O-])c1Br. The maximum Gasteiger partial charge on any atom is 0.346 e. The Hall–Kier alpha value is -2.15. The van der Waals surface area contributed by atoms with E-state index in [1.54, 1.807) is 18.2 Å². The first-order valence-electron chi connectivity index (χ1n) is 5.48. The third kappa shape index (κ3) is 2.72. The molecule has 0 atom stereocenters. The van der Waals surface area contributed by atoms with Crippen LogP contribution in [0.4, 0.5) is 10.1 Å². The molecule has 2 aromatic carbocycles. The van der Waals surface area contributed by atoms with Crippen molar-refractivity contribution < 1.29 is 18.8 Å². The van der Waals surface area contributed by atoms with Crippen molar-refractivity contribution in [2.75, 3.05) is 7.11 Å². The van der Waals surface area contributed by atoms with E-state index in [-0.39, 0.29) is 11.5 Å². The number of para-hydroxylation sites is 1. The predicted molar refractivity (Wildman–Crippen MR) is 73.8 cm³/mol. The Bertz CT molecular complexity index is 663. The number of hydrogen-bond donors (Lipinski definition) is 0. The highest BCUT2D eigenvalue weighted by Gasteiger charge is 2.22. The van der Waals surface area contributed by atoms with Gasteiger partial charge in [-0.3, -0.25) is 10.1 Å². The molecule has 2 aromatic rings. The van der Waals surface area contributed by atoms with E-state index in [1.807, 2.05) is 0 Å². The molecule has 0 aliphatic carbocycles. The highest BCUT2D eigenvalue weighted by atomic mass is 79.9. The molecule has 7 heteroatoms. The van der Waals surface area contributed by atoms with Crippen LogP contribution in [0.15, 0.2) is 40.9 Å². The number of ether oxygens (including phenoxy) is 2. The average Bonchev–Trinajstić information content (AvgIpc) is 2.41. The van der Waals surface area contributed by atoms with Gasteiger partial charge < -0.3 is 9.47 Å². The quantitative estimate of drug-likeness (QED) is 0.614. The van der Waals surface area contributed by atoms with Crippen LogP contribution in [0.2, 0.25) is 0 Å². The second-order valence-corrected chi connectivity index (χ2v) is 4.51. The molecule has 104 valence electrons. The lowest BCUT2D eigenvalue weighted by Crippen LogP contribution is -1.97. The van der Waals surface area contributed by atoms with E-state index in [0.717, 1.165) is 6.07 Å². The summed E-state index contributed by atoms with van der Waals surface area (Å²) in [5, 5.41) is 10.9. The summed E-state index contributed by atoms with van der Waals surface area (Å²) in [4.78, 5) is 10.1. The van der Waals surface area contributed by atoms with Crippen LogP contribution in [-0.2, 0) is 0 Å². The summed E-state index contributed by atoms with van der Waals surface area (Å²) in [6.45, 7) is 0. The number of nitrogens with zero attached hydrogens (tertiary/aromatic N) is 1.